The highest BCUT2D eigenvalue weighted by Gasteiger charge is 2.39. The largest absolute Gasteiger partial charge is 0.338 e. The van der Waals surface area contributed by atoms with E-state index < -0.39 is 0 Å². The molecule has 1 fully saturated rings. The zero-order chi connectivity index (χ0) is 25.0. The highest BCUT2D eigenvalue weighted by molar-refractivity contribution is 5.27. The van der Waals surface area contributed by atoms with Gasteiger partial charge in [0.2, 0.25) is 0 Å². The van der Waals surface area contributed by atoms with E-state index in [1.807, 2.05) is 12.1 Å². The summed E-state index contributed by atoms with van der Waals surface area (Å²) in [6, 6.07) is 20.9. The van der Waals surface area contributed by atoms with Gasteiger partial charge in [-0.15, -0.1) is 0 Å². The van der Waals surface area contributed by atoms with Crippen LogP contribution in [0, 0.1) is 17.8 Å². The summed E-state index contributed by atoms with van der Waals surface area (Å²) in [4.78, 5) is 0. The van der Waals surface area contributed by atoms with Crippen LogP contribution < -0.4 is 0 Å². The summed E-state index contributed by atoms with van der Waals surface area (Å²) in [6.07, 6.45) is 11.0. The van der Waals surface area contributed by atoms with Gasteiger partial charge in [0, 0.05) is 0 Å². The highest BCUT2D eigenvalue weighted by atomic mass is 16.7. The maximum absolute atomic E-state index is 6.45. The molecule has 35 heavy (non-hydrogen) atoms. The van der Waals surface area contributed by atoms with Crippen molar-refractivity contribution in [2.75, 3.05) is 0 Å². The molecule has 1 saturated heterocycles. The normalized spacial score (nSPS) is 20.3. The molecule has 0 radical (unpaired) electrons. The Morgan fingerprint density at radius 3 is 1.54 bits per heavy atom. The fourth-order valence-electron chi connectivity index (χ4n) is 5.20. The van der Waals surface area contributed by atoms with Gasteiger partial charge in [-0.2, -0.15) is 0 Å². The first-order chi connectivity index (χ1) is 16.9. The van der Waals surface area contributed by atoms with Gasteiger partial charge >= 0.3 is 0 Å². The van der Waals surface area contributed by atoms with Crippen molar-refractivity contribution in [3.63, 3.8) is 0 Å². The summed E-state index contributed by atoms with van der Waals surface area (Å²) < 4.78 is 12.9. The average Bonchev–Trinajstić information content (AvgIpc) is 3.31. The van der Waals surface area contributed by atoms with E-state index in [4.69, 9.17) is 9.47 Å². The third kappa shape index (κ3) is 9.24. The molecule has 4 atom stereocenters. The van der Waals surface area contributed by atoms with Crippen molar-refractivity contribution >= 4 is 0 Å². The molecule has 0 aromatic heterocycles. The molecular weight excluding hydrogens is 428 g/mol. The average molecular weight is 477 g/mol. The van der Waals surface area contributed by atoms with Crippen LogP contribution in [0.15, 0.2) is 72.8 Å². The van der Waals surface area contributed by atoms with E-state index >= 15 is 0 Å². The molecular formula is C33H48O2. The minimum Gasteiger partial charge on any atom is -0.338 e. The number of rotatable bonds is 15. The molecule has 0 aliphatic carbocycles. The van der Waals surface area contributed by atoms with Gasteiger partial charge in [0.15, 0.2) is 6.29 Å². The van der Waals surface area contributed by atoms with Gasteiger partial charge in [-0.1, -0.05) is 140 Å². The summed E-state index contributed by atoms with van der Waals surface area (Å²) in [5.74, 6) is 2.48. The molecule has 0 N–H and O–H groups in total. The van der Waals surface area contributed by atoms with Crippen LogP contribution in [0.2, 0.25) is 0 Å². The zero-order valence-electron chi connectivity index (χ0n) is 22.6. The molecule has 3 rings (SSSR count). The number of hydrogen-bond acceptors (Lipinski definition) is 2. The smallest absolute Gasteiger partial charge is 0.181 e. The van der Waals surface area contributed by atoms with Crippen molar-refractivity contribution in [3.8, 4) is 0 Å². The van der Waals surface area contributed by atoms with Crippen molar-refractivity contribution < 1.29 is 9.47 Å². The topological polar surface area (TPSA) is 18.5 Å². The van der Waals surface area contributed by atoms with Crippen molar-refractivity contribution in [3.05, 3.63) is 83.9 Å². The van der Waals surface area contributed by atoms with Crippen LogP contribution >= 0.6 is 0 Å². The van der Waals surface area contributed by atoms with Crippen LogP contribution in [0.1, 0.15) is 109 Å². The van der Waals surface area contributed by atoms with Crippen LogP contribution in [-0.2, 0) is 9.47 Å². The second-order valence-corrected chi connectivity index (χ2v) is 11.3. The fourth-order valence-corrected chi connectivity index (χ4v) is 5.20. The Morgan fingerprint density at radius 1 is 0.657 bits per heavy atom. The quantitative estimate of drug-likeness (QED) is 0.238. The second-order valence-electron chi connectivity index (χ2n) is 11.3. The Kier molecular flexibility index (Phi) is 11.6. The van der Waals surface area contributed by atoms with Gasteiger partial charge in [0.1, 0.15) is 12.2 Å². The van der Waals surface area contributed by atoms with Crippen molar-refractivity contribution in [2.24, 2.45) is 17.8 Å². The van der Waals surface area contributed by atoms with Gasteiger partial charge in [-0.3, -0.25) is 0 Å². The van der Waals surface area contributed by atoms with E-state index in [2.05, 4.69) is 82.8 Å². The Labute approximate surface area is 215 Å². The first-order valence-corrected chi connectivity index (χ1v) is 14.0. The van der Waals surface area contributed by atoms with Gasteiger partial charge in [-0.25, -0.2) is 0 Å². The molecule has 0 spiro atoms. The standard InChI is InChI=1S/C33H48O2/c1-25(2)15-12-16-26(3)17-13-18-27(4)19-14-20-28(5)33-34-31(29-21-8-6-9-22-29)32(35-33)30-23-10-7-11-24-30/h6-11,21-27,31-33H,5,12-20H2,1-4H3/t26?,27?,31-,32-/m0/s1. The van der Waals surface area contributed by atoms with Crippen LogP contribution in [-0.4, -0.2) is 6.29 Å². The molecule has 192 valence electrons. The van der Waals surface area contributed by atoms with Crippen molar-refractivity contribution in [2.45, 2.75) is 104 Å². The van der Waals surface area contributed by atoms with E-state index in [0.29, 0.717) is 0 Å². The van der Waals surface area contributed by atoms with Crippen LogP contribution in [0.4, 0.5) is 0 Å². The molecule has 0 saturated carbocycles. The summed E-state index contributed by atoms with van der Waals surface area (Å²) in [5, 5.41) is 0. The van der Waals surface area contributed by atoms with E-state index in [9.17, 15) is 0 Å². The van der Waals surface area contributed by atoms with Crippen LogP contribution in [0.5, 0.6) is 0 Å². The molecule has 0 amide bonds. The van der Waals surface area contributed by atoms with E-state index in [0.717, 1.165) is 47.3 Å². The number of hydrogen-bond donors (Lipinski definition) is 0. The van der Waals surface area contributed by atoms with Crippen LogP contribution in [0.25, 0.3) is 0 Å². The summed E-state index contributed by atoms with van der Waals surface area (Å²) in [6.45, 7) is 13.9. The third-order valence-corrected chi connectivity index (χ3v) is 7.47. The lowest BCUT2D eigenvalue weighted by atomic mass is 9.91. The summed E-state index contributed by atoms with van der Waals surface area (Å²) in [7, 11) is 0. The molecule has 2 unspecified atom stereocenters. The minimum atomic E-state index is -0.340. The highest BCUT2D eigenvalue weighted by Crippen LogP contribution is 2.44. The first kappa shape index (κ1) is 27.7. The summed E-state index contributed by atoms with van der Waals surface area (Å²) in [5.41, 5.74) is 3.38. The fraction of sp³-hybridized carbons (Fsp3) is 0.576. The lowest BCUT2D eigenvalue weighted by Crippen LogP contribution is -2.11. The zero-order valence-corrected chi connectivity index (χ0v) is 22.6. The Hall–Kier alpha value is -1.90. The molecule has 1 aliphatic heterocycles. The Balaban J connectivity index is 1.41. The molecule has 2 heteroatoms. The molecule has 2 aromatic carbocycles. The van der Waals surface area contributed by atoms with Crippen molar-refractivity contribution in [1.82, 2.24) is 0 Å². The first-order valence-electron chi connectivity index (χ1n) is 14.0. The lowest BCUT2D eigenvalue weighted by molar-refractivity contribution is -0.0399. The van der Waals surface area contributed by atoms with E-state index in [1.165, 1.54) is 44.9 Å². The molecule has 0 bridgehead atoms. The van der Waals surface area contributed by atoms with Gasteiger partial charge in [0.25, 0.3) is 0 Å². The number of ether oxygens (including phenoxy) is 2. The van der Waals surface area contributed by atoms with Crippen LogP contribution in [0.3, 0.4) is 0 Å². The number of benzene rings is 2. The molecule has 1 aliphatic rings. The predicted octanol–water partition coefficient (Wildman–Crippen LogP) is 9.84. The Morgan fingerprint density at radius 2 is 1.09 bits per heavy atom. The Bertz CT molecular complexity index is 796. The summed E-state index contributed by atoms with van der Waals surface area (Å²) >= 11 is 0. The predicted molar refractivity (Wildman–Crippen MR) is 148 cm³/mol. The van der Waals surface area contributed by atoms with Gasteiger partial charge < -0.3 is 9.47 Å². The van der Waals surface area contributed by atoms with E-state index in [1.54, 1.807) is 0 Å². The van der Waals surface area contributed by atoms with Gasteiger partial charge in [0.05, 0.1) is 0 Å². The van der Waals surface area contributed by atoms with Gasteiger partial charge in [-0.05, 0) is 47.3 Å². The molecule has 1 heterocycles. The van der Waals surface area contributed by atoms with Crippen molar-refractivity contribution in [1.29, 1.82) is 0 Å². The molecule has 2 aromatic rings. The molecule has 2 nitrogen and oxygen atoms in total. The maximum atomic E-state index is 6.45. The monoisotopic (exact) mass is 476 g/mol. The van der Waals surface area contributed by atoms with E-state index in [-0.39, 0.29) is 18.5 Å². The third-order valence-electron chi connectivity index (χ3n) is 7.47. The lowest BCUT2D eigenvalue weighted by Gasteiger charge is -2.17. The second kappa shape index (κ2) is 14.6. The maximum Gasteiger partial charge on any atom is 0.181 e. The SMILES string of the molecule is C=C(CCCC(C)CCCC(C)CCCC(C)C)C1O[C@@H](c2ccccc2)[C@H](c2ccccc2)O1. The minimum absolute atomic E-state index is 0.109.